The Bertz CT molecular complexity index is 3220. The normalized spacial score (nSPS) is 12.2. The topological polar surface area (TPSA) is 312 Å². The Morgan fingerprint density at radius 2 is 0.857 bits per heavy atom. The number of aliphatic carboxylic acids is 1. The molecule has 449 valence electrons. The number of carboxylic acid groups (broad SMARTS) is 1. The van der Waals surface area contributed by atoms with Gasteiger partial charge in [-0.2, -0.15) is 0 Å². The number of Topliss-reactive ketones (excluding diaryl/α,β-unsaturated/α-hetero) is 1. The van der Waals surface area contributed by atoms with E-state index in [-0.39, 0.29) is 80.4 Å². The third-order valence-corrected chi connectivity index (χ3v) is 12.4. The first-order chi connectivity index (χ1) is 39.6. The van der Waals surface area contributed by atoms with Gasteiger partial charge in [0.25, 0.3) is 0 Å². The van der Waals surface area contributed by atoms with E-state index in [1.54, 1.807) is 53.7 Å². The van der Waals surface area contributed by atoms with Crippen LogP contribution >= 0.6 is 11.6 Å². The molecule has 0 heterocycles. The van der Waals surface area contributed by atoms with Gasteiger partial charge in [0.15, 0.2) is 5.78 Å². The van der Waals surface area contributed by atoms with Crippen molar-refractivity contribution in [3.05, 3.63) is 132 Å². The molecule has 6 rings (SSSR count). The summed E-state index contributed by atoms with van der Waals surface area (Å²) < 4.78 is 40.2. The van der Waals surface area contributed by atoms with Crippen molar-refractivity contribution in [3.63, 3.8) is 0 Å². The molecule has 1 radical (unpaired) electrons. The number of esters is 4. The number of ether oxygens (including phenoxy) is 6. The number of methoxy groups -OCH3 is 4. The van der Waals surface area contributed by atoms with E-state index in [9.17, 15) is 48.6 Å². The fourth-order valence-corrected chi connectivity index (χ4v) is 8.32. The quantitative estimate of drug-likeness (QED) is 0.0202. The fraction of sp³-hybridized carbons (Fsp3) is 0.344. The molecule has 0 aliphatic carbocycles. The zero-order valence-corrected chi connectivity index (χ0v) is 53.5. The van der Waals surface area contributed by atoms with Crippen molar-refractivity contribution < 1.29 is 113 Å². The summed E-state index contributed by atoms with van der Waals surface area (Å²) in [5.74, 6) is -4.15. The molecule has 8 N–H and O–H groups in total. The summed E-state index contributed by atoms with van der Waals surface area (Å²) >= 11 is 6.26. The second kappa shape index (κ2) is 34.8. The van der Waals surface area contributed by atoms with Gasteiger partial charge in [-0.15, -0.1) is 11.6 Å². The van der Waals surface area contributed by atoms with Crippen LogP contribution in [0.3, 0.4) is 0 Å². The molecule has 84 heavy (non-hydrogen) atoms. The molecule has 6 aromatic rings. The van der Waals surface area contributed by atoms with Crippen LogP contribution in [0.4, 0.5) is 9.59 Å². The maximum Gasteiger partial charge on any atom is 0.408 e. The Kier molecular flexibility index (Phi) is 29.3. The van der Waals surface area contributed by atoms with Gasteiger partial charge >= 0.3 is 42.0 Å². The summed E-state index contributed by atoms with van der Waals surface area (Å²) in [6.07, 6.45) is -2.66. The molecular weight excluding hydrogens is 1330 g/mol. The van der Waals surface area contributed by atoms with E-state index in [0.29, 0.717) is 13.9 Å². The van der Waals surface area contributed by atoms with Gasteiger partial charge in [-0.25, -0.2) is 14.4 Å². The number of alkyl halides is 1. The number of rotatable bonds is 18. The van der Waals surface area contributed by atoms with E-state index in [0.717, 1.165) is 56.5 Å². The Labute approximate surface area is 521 Å². The van der Waals surface area contributed by atoms with E-state index in [2.05, 4.69) is 20.1 Å². The number of phenolic OH excluding ortho intramolecular Hbond substituents is 2. The summed E-state index contributed by atoms with van der Waals surface area (Å²) in [4.78, 5) is 94.3. The van der Waals surface area contributed by atoms with Gasteiger partial charge in [0.2, 0.25) is 0 Å². The second-order valence-corrected chi connectivity index (χ2v) is 20.8. The standard InChI is InChI=1S/C31H35NO8.C20H17ClO3.C10H17NO6.BH2.H3N.U/c1-31(2,3)40-30(37)32-25(18-29(36)39-5)27(34)16-21(17-28(35)38-4)19-10-12-20(13-11-19)22-14-15-26(33)24-9-7-6-8-23(22)24;1-24-20(23)12-18(21)14-8-6-13(7-9-14)15-10-11-19(22)17-5-3-2-4-16(15)17;1-10(2,3)17-9(15)11-6(8(13)14)5-7(12)16-4;;;/h6-15,21,25,33H,16-18H2,1-5H3,(H,32,37);2-11,18,22H,12H2,1H3;6H,5H2,1-4H3,(H,11,15)(H,13,14);1H2;1H3;/t21-,25-;18-;6-;;;/m000.../s1/i;;;1T2;;. The Morgan fingerprint density at radius 3 is 1.24 bits per heavy atom. The van der Waals surface area contributed by atoms with Gasteiger partial charge in [0.05, 0.1) is 67.8 Å². The summed E-state index contributed by atoms with van der Waals surface area (Å²) in [5.41, 5.74) is 3.90. The van der Waals surface area contributed by atoms with Gasteiger partial charge < -0.3 is 60.5 Å². The van der Waals surface area contributed by atoms with Crippen LogP contribution in [0.2, 0.25) is 0 Å². The van der Waals surface area contributed by atoms with E-state index >= 15 is 0 Å². The minimum atomic E-state index is -1.36. The third kappa shape index (κ3) is 23.6. The number of alkyl carbamates (subject to hydrolysis) is 2. The largest absolute Gasteiger partial charge is 0.507 e. The van der Waals surface area contributed by atoms with Crippen LogP contribution < -0.4 is 16.8 Å². The number of ketones is 1. The SMILES string of the molecule is COC(=O)C[C@H](CC(=O)[C@H](CC(=O)OC)NC(=O)OC(C)(C)C)c1ccc(-c2ccc(O)c3ccccc23)cc1.COC(=O)C[C@H](Cl)c1ccc(-c2ccc(O)c3ccccc23)cc1.COC(=O)C[C@H](NC(=O)OC(C)(C)C)C(=O)O.N.[3H][B][3H].[U]. The third-order valence-electron chi connectivity index (χ3n) is 12.0. The molecule has 4 atom stereocenters. The Hall–Kier alpha value is -7.63. The minimum absolute atomic E-state index is 0. The molecule has 0 fully saturated rings. The van der Waals surface area contributed by atoms with Crippen LogP contribution in [0.15, 0.2) is 121 Å². The number of halogens is 1. The molecule has 0 unspecified atom stereocenters. The molecule has 0 aromatic heterocycles. The van der Waals surface area contributed by atoms with Crippen molar-refractivity contribution in [2.75, 3.05) is 28.4 Å². The van der Waals surface area contributed by atoms with Gasteiger partial charge in [0.1, 0.15) is 34.8 Å². The van der Waals surface area contributed by atoms with E-state index in [4.69, 9.17) is 38.3 Å². The van der Waals surface area contributed by atoms with Crippen molar-refractivity contribution in [2.24, 2.45) is 0 Å². The van der Waals surface area contributed by atoms with Gasteiger partial charge in [-0.1, -0.05) is 109 Å². The number of benzene rings is 6. The molecule has 6 aromatic carbocycles. The molecule has 0 aliphatic rings. The first-order valence-electron chi connectivity index (χ1n) is 26.6. The number of fused-ring (bicyclic) bond motifs is 2. The number of hydrogen-bond acceptors (Lipinski definition) is 17. The number of phenols is 2. The zero-order chi connectivity index (χ0) is 62.9. The first kappa shape index (κ1) is 70.6. The first-order valence-corrected chi connectivity index (χ1v) is 25.9. The molecular formula is C61H74BClN3O17U. The Morgan fingerprint density at radius 1 is 0.512 bits per heavy atom. The van der Waals surface area contributed by atoms with Crippen molar-refractivity contribution in [1.29, 1.82) is 2.67 Å². The average molecular weight is 1410 g/mol. The number of carbonyl (C=O) groups is 8. The summed E-state index contributed by atoms with van der Waals surface area (Å²) in [6.45, 7) is 9.97. The van der Waals surface area contributed by atoms with Crippen molar-refractivity contribution in [3.8, 4) is 33.8 Å². The monoisotopic (exact) mass is 1410 g/mol. The molecule has 0 saturated heterocycles. The van der Waals surface area contributed by atoms with Crippen LogP contribution in [0.25, 0.3) is 43.8 Å². The second-order valence-electron chi connectivity index (χ2n) is 20.3. The molecule has 2 amide bonds. The zero-order valence-electron chi connectivity index (χ0n) is 50.6. The van der Waals surface area contributed by atoms with Crippen LogP contribution in [-0.4, -0.2) is 126 Å². The average Bonchev–Trinajstić information content (AvgIpc) is 3.28. The molecule has 0 spiro atoms. The van der Waals surface area contributed by atoms with Gasteiger partial charge in [-0.05, 0) is 100 Å². The van der Waals surface area contributed by atoms with Crippen LogP contribution in [0.5, 0.6) is 11.5 Å². The number of hydrogen-bond donors (Lipinski definition) is 6. The fourth-order valence-electron chi connectivity index (χ4n) is 8.05. The molecule has 0 saturated carbocycles. The van der Waals surface area contributed by atoms with Crippen LogP contribution in [-0.2, 0) is 57.2 Å². The van der Waals surface area contributed by atoms with Crippen LogP contribution in [0, 0.1) is 31.1 Å². The number of amides is 2. The molecule has 23 heteroatoms. The minimum Gasteiger partial charge on any atom is -0.507 e. The van der Waals surface area contributed by atoms with Crippen molar-refractivity contribution in [1.82, 2.24) is 16.8 Å². The number of carboxylic acids is 1. The molecule has 20 nitrogen and oxygen atoms in total. The van der Waals surface area contributed by atoms with Gasteiger partial charge in [-0.3, -0.25) is 24.0 Å². The maximum atomic E-state index is 13.4. The van der Waals surface area contributed by atoms with Crippen LogP contribution in [0.1, 0.15) is 96.1 Å². The van der Waals surface area contributed by atoms with Crippen molar-refractivity contribution in [2.45, 2.75) is 108 Å². The predicted octanol–water partition coefficient (Wildman–Crippen LogP) is 10.1. The maximum absolute atomic E-state index is 13.4. The molecule has 0 bridgehead atoms. The van der Waals surface area contributed by atoms with Gasteiger partial charge in [0, 0.05) is 54.2 Å². The number of aromatic hydroxyl groups is 2. The Balaban J connectivity index is 0.000000683. The smallest absolute Gasteiger partial charge is 0.408 e. The number of carbonyl (C=O) groups excluding carboxylic acids is 7. The molecule has 0 aliphatic heterocycles. The van der Waals surface area contributed by atoms with E-state index in [1.165, 1.54) is 21.3 Å². The van der Waals surface area contributed by atoms with E-state index in [1.807, 2.05) is 109 Å². The summed E-state index contributed by atoms with van der Waals surface area (Å²) in [5, 5.41) is 36.6. The predicted molar refractivity (Wildman–Crippen MR) is 317 cm³/mol. The summed E-state index contributed by atoms with van der Waals surface area (Å²) in [6, 6.07) is 35.0. The van der Waals surface area contributed by atoms with E-state index < -0.39 is 82.8 Å². The summed E-state index contributed by atoms with van der Waals surface area (Å²) in [7, 11) is 5.44. The number of nitrogens with one attached hydrogen (secondary N) is 2. The van der Waals surface area contributed by atoms with Crippen molar-refractivity contribution >= 4 is 89.3 Å².